The Morgan fingerprint density at radius 3 is 2.00 bits per heavy atom. The third kappa shape index (κ3) is 3.35. The molecule has 0 amide bonds. The molecule has 1 aliphatic carbocycles. The maximum absolute atomic E-state index is 14.7. The predicted molar refractivity (Wildman–Crippen MR) is 87.4 cm³/mol. The fraction of sp³-hybridized carbons (Fsp3) is 0.353. The highest BCUT2D eigenvalue weighted by Gasteiger charge is 2.39. The summed E-state index contributed by atoms with van der Waals surface area (Å²) in [6, 6.07) is 6.46. The first-order valence-electron chi connectivity index (χ1n) is 7.03. The molecule has 2 rings (SSSR count). The van der Waals surface area contributed by atoms with E-state index in [4.69, 9.17) is 0 Å². The van der Waals surface area contributed by atoms with Crippen molar-refractivity contribution in [1.29, 1.82) is 0 Å². The highest BCUT2D eigenvalue weighted by molar-refractivity contribution is 7.90. The average Bonchev–Trinajstić information content (AvgIpc) is 2.40. The summed E-state index contributed by atoms with van der Waals surface area (Å²) in [4.78, 5) is 0.125. The molecule has 118 valence electrons. The van der Waals surface area contributed by atoms with Gasteiger partial charge in [-0.05, 0) is 43.4 Å². The summed E-state index contributed by atoms with van der Waals surface area (Å²) in [5.41, 5.74) is -1.03. The van der Waals surface area contributed by atoms with E-state index < -0.39 is 21.1 Å². The van der Waals surface area contributed by atoms with Crippen LogP contribution in [0, 0.1) is 12.3 Å². The van der Waals surface area contributed by atoms with E-state index in [2.05, 4.69) is 4.40 Å². The molecule has 1 aromatic rings. The molecule has 0 aromatic heterocycles. The Morgan fingerprint density at radius 1 is 1.05 bits per heavy atom. The van der Waals surface area contributed by atoms with Crippen molar-refractivity contribution in [1.82, 2.24) is 0 Å². The highest BCUT2D eigenvalue weighted by Crippen LogP contribution is 2.38. The molecule has 0 spiro atoms. The molecule has 0 saturated carbocycles. The minimum absolute atomic E-state index is 0.125. The lowest BCUT2D eigenvalue weighted by atomic mass is 9.76. The zero-order valence-electron chi connectivity index (χ0n) is 13.2. The number of aryl methyl sites for hydroxylation is 1. The number of allylic oxidation sites excluding steroid dienone is 4. The molecule has 3 nitrogen and oxygen atoms in total. The smallest absolute Gasteiger partial charge is 0.234 e. The largest absolute Gasteiger partial charge is 0.282 e. The van der Waals surface area contributed by atoms with E-state index >= 15 is 0 Å². The van der Waals surface area contributed by atoms with Gasteiger partial charge in [-0.3, -0.25) is 0 Å². The fourth-order valence-corrected chi connectivity index (χ4v) is 2.97. The standard InChI is InChI=1S/C17H20FNO2S/c1-13-5-7-15(8-6-13)22(20,21)19-14-9-11-17(18,12-10-14)16(2,3)4/h5-12H,1-4H3. The van der Waals surface area contributed by atoms with Crippen LogP contribution in [0.4, 0.5) is 4.39 Å². The van der Waals surface area contributed by atoms with Gasteiger partial charge >= 0.3 is 0 Å². The van der Waals surface area contributed by atoms with Gasteiger partial charge in [0.1, 0.15) is 0 Å². The van der Waals surface area contributed by atoms with Crippen molar-refractivity contribution < 1.29 is 12.8 Å². The molecule has 0 saturated heterocycles. The van der Waals surface area contributed by atoms with E-state index in [0.29, 0.717) is 0 Å². The molecule has 0 aliphatic heterocycles. The first kappa shape index (κ1) is 16.6. The van der Waals surface area contributed by atoms with Crippen LogP contribution in [0.2, 0.25) is 0 Å². The van der Waals surface area contributed by atoms with E-state index in [0.717, 1.165) is 5.56 Å². The number of halogens is 1. The number of nitrogens with zero attached hydrogens (tertiary/aromatic N) is 1. The third-order valence-corrected chi connectivity index (χ3v) is 5.01. The summed E-state index contributed by atoms with van der Waals surface area (Å²) in [7, 11) is -3.79. The van der Waals surface area contributed by atoms with Crippen molar-refractivity contribution >= 4 is 15.7 Å². The van der Waals surface area contributed by atoms with Crippen LogP contribution in [0.1, 0.15) is 26.3 Å². The lowest BCUT2D eigenvalue weighted by Gasteiger charge is -2.34. The number of hydrogen-bond donors (Lipinski definition) is 0. The number of benzene rings is 1. The second-order valence-corrected chi connectivity index (χ2v) is 8.09. The summed E-state index contributed by atoms with van der Waals surface area (Å²) >= 11 is 0. The Kier molecular flexibility index (Phi) is 4.13. The molecular formula is C17H20FNO2S. The van der Waals surface area contributed by atoms with Crippen molar-refractivity contribution in [3.05, 3.63) is 54.1 Å². The van der Waals surface area contributed by atoms with Crippen LogP contribution in [0.25, 0.3) is 0 Å². The first-order chi connectivity index (χ1) is 10.0. The second kappa shape index (κ2) is 5.47. The molecule has 0 heterocycles. The number of hydrogen-bond acceptors (Lipinski definition) is 2. The van der Waals surface area contributed by atoms with E-state index in [-0.39, 0.29) is 10.6 Å². The fourth-order valence-electron chi connectivity index (χ4n) is 1.99. The summed E-state index contributed by atoms with van der Waals surface area (Å²) in [5, 5.41) is 0. The molecule has 0 fully saturated rings. The van der Waals surface area contributed by atoms with Gasteiger partial charge in [0.2, 0.25) is 0 Å². The average molecular weight is 321 g/mol. The van der Waals surface area contributed by atoms with Crippen molar-refractivity contribution in [2.45, 2.75) is 38.3 Å². The molecule has 1 aliphatic rings. The van der Waals surface area contributed by atoms with Crippen LogP contribution in [0.3, 0.4) is 0 Å². The SMILES string of the molecule is Cc1ccc(S(=O)(=O)N=C2C=CC(F)(C(C)(C)C)C=C2)cc1. The maximum atomic E-state index is 14.7. The topological polar surface area (TPSA) is 46.5 Å². The number of sulfonamides is 1. The van der Waals surface area contributed by atoms with Crippen LogP contribution >= 0.6 is 0 Å². The van der Waals surface area contributed by atoms with Crippen molar-refractivity contribution in [3.63, 3.8) is 0 Å². The molecule has 0 unspecified atom stereocenters. The van der Waals surface area contributed by atoms with Gasteiger partial charge in [-0.1, -0.05) is 38.5 Å². The minimum Gasteiger partial charge on any atom is -0.234 e. The van der Waals surface area contributed by atoms with E-state index in [9.17, 15) is 12.8 Å². The molecule has 0 N–H and O–H groups in total. The molecule has 22 heavy (non-hydrogen) atoms. The summed E-state index contributed by atoms with van der Waals surface area (Å²) in [5.74, 6) is 0. The van der Waals surface area contributed by atoms with E-state index in [1.54, 1.807) is 32.9 Å². The third-order valence-electron chi connectivity index (χ3n) is 3.69. The maximum Gasteiger partial charge on any atom is 0.282 e. The second-order valence-electron chi connectivity index (χ2n) is 6.49. The van der Waals surface area contributed by atoms with Gasteiger partial charge in [0.05, 0.1) is 10.6 Å². The monoisotopic (exact) mass is 321 g/mol. The van der Waals surface area contributed by atoms with Gasteiger partial charge in [-0.2, -0.15) is 12.8 Å². The Morgan fingerprint density at radius 2 is 1.55 bits per heavy atom. The molecule has 1 aromatic carbocycles. The van der Waals surface area contributed by atoms with Crippen LogP contribution in [-0.2, 0) is 10.0 Å². The molecule has 5 heteroatoms. The molecule has 0 radical (unpaired) electrons. The quantitative estimate of drug-likeness (QED) is 0.826. The van der Waals surface area contributed by atoms with E-state index in [1.165, 1.54) is 36.4 Å². The Hall–Kier alpha value is -1.75. The first-order valence-corrected chi connectivity index (χ1v) is 8.47. The molecule has 0 bridgehead atoms. The summed E-state index contributed by atoms with van der Waals surface area (Å²) < 4.78 is 42.9. The highest BCUT2D eigenvalue weighted by atomic mass is 32.2. The number of rotatable bonds is 2. The van der Waals surface area contributed by atoms with Gasteiger partial charge < -0.3 is 0 Å². The zero-order valence-corrected chi connectivity index (χ0v) is 14.0. The van der Waals surface area contributed by atoms with Gasteiger partial charge in [0.15, 0.2) is 5.67 Å². The van der Waals surface area contributed by atoms with E-state index in [1.807, 2.05) is 6.92 Å². The lowest BCUT2D eigenvalue weighted by Crippen LogP contribution is -2.36. The van der Waals surface area contributed by atoms with Crippen LogP contribution in [0.15, 0.2) is 57.9 Å². The lowest BCUT2D eigenvalue weighted by molar-refractivity contribution is 0.129. The van der Waals surface area contributed by atoms with Crippen LogP contribution < -0.4 is 0 Å². The molecule has 0 atom stereocenters. The van der Waals surface area contributed by atoms with Gasteiger partial charge in [-0.25, -0.2) is 4.39 Å². The van der Waals surface area contributed by atoms with Crippen molar-refractivity contribution in [3.8, 4) is 0 Å². The summed E-state index contributed by atoms with van der Waals surface area (Å²) in [6.07, 6.45) is 5.54. The van der Waals surface area contributed by atoms with Crippen LogP contribution in [0.5, 0.6) is 0 Å². The van der Waals surface area contributed by atoms with Crippen LogP contribution in [-0.4, -0.2) is 19.8 Å². The van der Waals surface area contributed by atoms with Gasteiger partial charge in [-0.15, -0.1) is 0 Å². The zero-order chi connectivity index (χ0) is 16.6. The Labute approximate surface area is 131 Å². The Balaban J connectivity index is 2.31. The van der Waals surface area contributed by atoms with Gasteiger partial charge in [0, 0.05) is 5.41 Å². The molecular weight excluding hydrogens is 301 g/mol. The Bertz CT molecular complexity index is 735. The minimum atomic E-state index is -3.79. The van der Waals surface area contributed by atoms with Crippen molar-refractivity contribution in [2.24, 2.45) is 9.81 Å². The predicted octanol–water partition coefficient (Wildman–Crippen LogP) is 4.01. The number of alkyl halides is 1. The normalized spacial score (nSPS) is 22.0. The van der Waals surface area contributed by atoms with Gasteiger partial charge in [0.25, 0.3) is 10.0 Å². The summed E-state index contributed by atoms with van der Waals surface area (Å²) in [6.45, 7) is 7.23. The van der Waals surface area contributed by atoms with Crippen molar-refractivity contribution in [2.75, 3.05) is 0 Å².